The largest absolute Gasteiger partial charge is 0.490 e. The predicted molar refractivity (Wildman–Crippen MR) is 104 cm³/mol. The fourth-order valence-corrected chi connectivity index (χ4v) is 4.27. The Morgan fingerprint density at radius 2 is 1.85 bits per heavy atom. The molecule has 0 N–H and O–H groups in total. The van der Waals surface area contributed by atoms with Gasteiger partial charge in [-0.05, 0) is 74.9 Å². The van der Waals surface area contributed by atoms with Crippen LogP contribution in [0.3, 0.4) is 0 Å². The monoisotopic (exact) mass is 360 g/mol. The second kappa shape index (κ2) is 7.08. The number of fused-ring (bicyclic) bond motifs is 1. The summed E-state index contributed by atoms with van der Waals surface area (Å²) < 4.78 is 6.14. The van der Waals surface area contributed by atoms with E-state index in [1.807, 2.05) is 42.2 Å². The lowest BCUT2D eigenvalue weighted by atomic mass is 9.92. The molecule has 27 heavy (non-hydrogen) atoms. The number of amides is 1. The first-order valence-corrected chi connectivity index (χ1v) is 9.63. The Balaban J connectivity index is 1.36. The third-order valence-electron chi connectivity index (χ3n) is 5.80. The third kappa shape index (κ3) is 3.42. The van der Waals surface area contributed by atoms with E-state index in [-0.39, 0.29) is 12.0 Å². The van der Waals surface area contributed by atoms with Crippen LogP contribution in [0.2, 0.25) is 0 Å². The lowest BCUT2D eigenvalue weighted by Crippen LogP contribution is -2.40. The average Bonchev–Trinajstić information content (AvgIpc) is 2.98. The number of carbonyl (C=O) groups is 1. The molecular formula is C23H24N2O2. The first kappa shape index (κ1) is 17.6. The van der Waals surface area contributed by atoms with Crippen LogP contribution >= 0.6 is 0 Å². The topological polar surface area (TPSA) is 53.3 Å². The molecule has 1 amide bonds. The van der Waals surface area contributed by atoms with Gasteiger partial charge in [0.25, 0.3) is 5.91 Å². The summed E-state index contributed by atoms with van der Waals surface area (Å²) in [5.74, 6) is 1.01. The molecule has 4 rings (SSSR count). The van der Waals surface area contributed by atoms with Crippen molar-refractivity contribution in [3.8, 4) is 11.8 Å². The van der Waals surface area contributed by atoms with Crippen molar-refractivity contribution in [3.05, 3.63) is 64.2 Å². The van der Waals surface area contributed by atoms with Gasteiger partial charge < -0.3 is 9.64 Å². The number of hydrogen-bond acceptors (Lipinski definition) is 3. The number of carbonyl (C=O) groups excluding carboxylic acids is 1. The van der Waals surface area contributed by atoms with Gasteiger partial charge in [-0.2, -0.15) is 5.26 Å². The van der Waals surface area contributed by atoms with Crippen molar-refractivity contribution in [1.29, 1.82) is 5.26 Å². The van der Waals surface area contributed by atoms with Crippen molar-refractivity contribution in [2.24, 2.45) is 0 Å². The molecule has 0 bridgehead atoms. The van der Waals surface area contributed by atoms with Crippen molar-refractivity contribution in [2.45, 2.75) is 58.2 Å². The summed E-state index contributed by atoms with van der Waals surface area (Å²) in [4.78, 5) is 14.8. The number of aryl methyl sites for hydroxylation is 2. The van der Waals surface area contributed by atoms with Crippen LogP contribution in [-0.2, 0) is 6.54 Å². The average molecular weight is 360 g/mol. The van der Waals surface area contributed by atoms with E-state index in [2.05, 4.69) is 19.1 Å². The molecule has 0 spiro atoms. The van der Waals surface area contributed by atoms with Gasteiger partial charge >= 0.3 is 0 Å². The Morgan fingerprint density at radius 3 is 2.56 bits per heavy atom. The summed E-state index contributed by atoms with van der Waals surface area (Å²) >= 11 is 0. The summed E-state index contributed by atoms with van der Waals surface area (Å²) in [6.45, 7) is 4.74. The number of nitrogens with zero attached hydrogens (tertiary/aromatic N) is 2. The van der Waals surface area contributed by atoms with Crippen molar-refractivity contribution in [1.82, 2.24) is 4.90 Å². The summed E-state index contributed by atoms with van der Waals surface area (Å²) in [6, 6.07) is 14.2. The van der Waals surface area contributed by atoms with Gasteiger partial charge in [-0.3, -0.25) is 4.79 Å². The highest BCUT2D eigenvalue weighted by molar-refractivity contribution is 5.98. The van der Waals surface area contributed by atoms with Gasteiger partial charge in [0.05, 0.1) is 17.7 Å². The van der Waals surface area contributed by atoms with Crippen LogP contribution in [0.1, 0.15) is 58.3 Å². The van der Waals surface area contributed by atoms with Crippen LogP contribution in [0.15, 0.2) is 36.4 Å². The fraction of sp³-hybridized carbons (Fsp3) is 0.391. The maximum absolute atomic E-state index is 12.7. The van der Waals surface area contributed by atoms with Crippen LogP contribution in [0.5, 0.6) is 5.75 Å². The van der Waals surface area contributed by atoms with Crippen LogP contribution in [0, 0.1) is 25.2 Å². The van der Waals surface area contributed by atoms with E-state index in [9.17, 15) is 4.79 Å². The fourth-order valence-electron chi connectivity index (χ4n) is 4.27. The zero-order valence-corrected chi connectivity index (χ0v) is 15.9. The maximum atomic E-state index is 12.7. The van der Waals surface area contributed by atoms with Crippen molar-refractivity contribution in [2.75, 3.05) is 0 Å². The minimum absolute atomic E-state index is 0.177. The number of benzene rings is 2. The highest BCUT2D eigenvalue weighted by Gasteiger charge is 2.35. The SMILES string of the molecule is Cc1ccc2c(c1)CN(C1CCC(Oc3ccc(C#N)c(C)c3)CC1)C2=O. The van der Waals surface area contributed by atoms with Crippen LogP contribution in [0.25, 0.3) is 0 Å². The zero-order chi connectivity index (χ0) is 19.0. The second-order valence-electron chi connectivity index (χ2n) is 7.73. The maximum Gasteiger partial charge on any atom is 0.254 e. The van der Waals surface area contributed by atoms with Gasteiger partial charge in [0, 0.05) is 18.2 Å². The lowest BCUT2D eigenvalue weighted by molar-refractivity contribution is 0.0561. The normalized spacial score (nSPS) is 21.7. The summed E-state index contributed by atoms with van der Waals surface area (Å²) in [5, 5.41) is 9.04. The van der Waals surface area contributed by atoms with E-state index in [4.69, 9.17) is 10.00 Å². The molecule has 4 nitrogen and oxygen atoms in total. The minimum Gasteiger partial charge on any atom is -0.490 e. The minimum atomic E-state index is 0.177. The van der Waals surface area contributed by atoms with Crippen molar-refractivity contribution < 1.29 is 9.53 Å². The highest BCUT2D eigenvalue weighted by atomic mass is 16.5. The Kier molecular flexibility index (Phi) is 4.61. The number of nitriles is 1. The molecule has 1 saturated carbocycles. The number of rotatable bonds is 3. The second-order valence-corrected chi connectivity index (χ2v) is 7.73. The summed E-state index contributed by atoms with van der Waals surface area (Å²) in [7, 11) is 0. The molecule has 1 fully saturated rings. The Labute approximate surface area is 160 Å². The molecule has 0 saturated heterocycles. The molecule has 2 aliphatic rings. The zero-order valence-electron chi connectivity index (χ0n) is 15.9. The Hall–Kier alpha value is -2.80. The van der Waals surface area contributed by atoms with Crippen LogP contribution in [0.4, 0.5) is 0 Å². The summed E-state index contributed by atoms with van der Waals surface area (Å²) in [5.41, 5.74) is 4.87. The van der Waals surface area contributed by atoms with E-state index in [1.54, 1.807) is 0 Å². The first-order chi connectivity index (χ1) is 13.0. The molecule has 1 aliphatic carbocycles. The van der Waals surface area contributed by atoms with Gasteiger partial charge in [0.2, 0.25) is 0 Å². The van der Waals surface area contributed by atoms with E-state index in [0.717, 1.165) is 54.7 Å². The predicted octanol–water partition coefficient (Wildman–Crippen LogP) is 4.52. The van der Waals surface area contributed by atoms with Gasteiger partial charge in [-0.15, -0.1) is 0 Å². The van der Waals surface area contributed by atoms with E-state index in [0.29, 0.717) is 11.6 Å². The highest BCUT2D eigenvalue weighted by Crippen LogP contribution is 2.33. The molecule has 4 heteroatoms. The molecule has 138 valence electrons. The molecule has 1 aliphatic heterocycles. The van der Waals surface area contributed by atoms with Crippen LogP contribution in [-0.4, -0.2) is 23.0 Å². The quantitative estimate of drug-likeness (QED) is 0.808. The molecule has 0 radical (unpaired) electrons. The molecule has 2 aromatic carbocycles. The third-order valence-corrected chi connectivity index (χ3v) is 5.80. The van der Waals surface area contributed by atoms with Crippen molar-refractivity contribution >= 4 is 5.91 Å². The number of ether oxygens (including phenoxy) is 1. The number of hydrogen-bond donors (Lipinski definition) is 0. The molecular weight excluding hydrogens is 336 g/mol. The smallest absolute Gasteiger partial charge is 0.254 e. The lowest BCUT2D eigenvalue weighted by Gasteiger charge is -2.34. The Bertz CT molecular complexity index is 920. The molecule has 0 aromatic heterocycles. The Morgan fingerprint density at radius 1 is 1.07 bits per heavy atom. The van der Waals surface area contributed by atoms with Gasteiger partial charge in [-0.25, -0.2) is 0 Å². The standard InChI is InChI=1S/C23H24N2O2/c1-15-3-10-22-18(11-15)14-25(23(22)26)19-5-8-20(9-6-19)27-21-7-4-17(13-24)16(2)12-21/h3-4,7,10-12,19-20H,5-6,8-9,14H2,1-2H3. The van der Waals surface area contributed by atoms with Gasteiger partial charge in [0.1, 0.15) is 5.75 Å². The molecule has 2 aromatic rings. The first-order valence-electron chi connectivity index (χ1n) is 9.63. The van der Waals surface area contributed by atoms with Crippen LogP contribution < -0.4 is 4.74 Å². The van der Waals surface area contributed by atoms with Crippen molar-refractivity contribution in [3.63, 3.8) is 0 Å². The molecule has 0 atom stereocenters. The molecule has 0 unspecified atom stereocenters. The molecule has 1 heterocycles. The van der Waals surface area contributed by atoms with Gasteiger partial charge in [0.15, 0.2) is 0 Å². The summed E-state index contributed by atoms with van der Waals surface area (Å²) in [6.07, 6.45) is 4.01. The van der Waals surface area contributed by atoms with E-state index in [1.165, 1.54) is 5.56 Å². The van der Waals surface area contributed by atoms with E-state index >= 15 is 0 Å². The van der Waals surface area contributed by atoms with Gasteiger partial charge in [-0.1, -0.05) is 17.7 Å². The van der Waals surface area contributed by atoms with E-state index < -0.39 is 0 Å².